The maximum atomic E-state index is 12.9. The second-order valence-electron chi connectivity index (χ2n) is 6.88. The minimum Gasteiger partial charge on any atom is -0.336 e. The molecule has 0 saturated carbocycles. The first-order valence-corrected chi connectivity index (χ1v) is 10.4. The number of nitrogens with zero attached hydrogens (tertiary/aromatic N) is 3. The summed E-state index contributed by atoms with van der Waals surface area (Å²) >= 11 is 0. The number of hydrogen-bond acceptors (Lipinski definition) is 4. The molecule has 0 atom stereocenters. The molecule has 0 bridgehead atoms. The minimum absolute atomic E-state index is 0.0603. The molecule has 144 valence electrons. The van der Waals surface area contributed by atoms with Crippen LogP contribution in [-0.4, -0.2) is 64.4 Å². The van der Waals surface area contributed by atoms with E-state index in [0.29, 0.717) is 24.3 Å². The number of amides is 1. The van der Waals surface area contributed by atoms with Crippen LogP contribution in [0.5, 0.6) is 0 Å². The molecule has 1 heterocycles. The first kappa shape index (κ1) is 19.4. The third-order valence-electron chi connectivity index (χ3n) is 4.99. The van der Waals surface area contributed by atoms with E-state index in [1.807, 2.05) is 18.9 Å². The standard InChI is InChI=1S/C20H25N3O3S/c1-16-9-10-17(20(24)23-13-11-21(2)12-14-23)15-19(16)22(3)27(25,26)18-7-5-4-6-8-18/h4-10,15H,11-14H2,1-3H3. The van der Waals surface area contributed by atoms with Gasteiger partial charge < -0.3 is 9.80 Å². The van der Waals surface area contributed by atoms with Gasteiger partial charge in [-0.25, -0.2) is 8.42 Å². The molecule has 1 saturated heterocycles. The SMILES string of the molecule is Cc1ccc(C(=O)N2CCN(C)CC2)cc1N(C)S(=O)(=O)c1ccccc1. The van der Waals surface area contributed by atoms with E-state index in [-0.39, 0.29) is 10.8 Å². The van der Waals surface area contributed by atoms with E-state index in [2.05, 4.69) is 4.90 Å². The lowest BCUT2D eigenvalue weighted by Crippen LogP contribution is -2.47. The zero-order chi connectivity index (χ0) is 19.6. The van der Waals surface area contributed by atoms with Gasteiger partial charge in [-0.2, -0.15) is 0 Å². The molecule has 27 heavy (non-hydrogen) atoms. The molecule has 0 aromatic heterocycles. The average Bonchev–Trinajstić information content (AvgIpc) is 2.68. The van der Waals surface area contributed by atoms with Crippen molar-refractivity contribution in [3.63, 3.8) is 0 Å². The number of aryl methyl sites for hydroxylation is 1. The summed E-state index contributed by atoms with van der Waals surface area (Å²) in [4.78, 5) is 17.1. The minimum atomic E-state index is -3.69. The van der Waals surface area contributed by atoms with Crippen LogP contribution in [0.3, 0.4) is 0 Å². The highest BCUT2D eigenvalue weighted by molar-refractivity contribution is 7.92. The van der Waals surface area contributed by atoms with Gasteiger partial charge >= 0.3 is 0 Å². The van der Waals surface area contributed by atoms with Crippen molar-refractivity contribution < 1.29 is 13.2 Å². The van der Waals surface area contributed by atoms with E-state index in [0.717, 1.165) is 18.7 Å². The highest BCUT2D eigenvalue weighted by Crippen LogP contribution is 2.27. The van der Waals surface area contributed by atoms with Gasteiger partial charge in [0.1, 0.15) is 0 Å². The summed E-state index contributed by atoms with van der Waals surface area (Å²) < 4.78 is 27.1. The van der Waals surface area contributed by atoms with Gasteiger partial charge in [-0.3, -0.25) is 9.10 Å². The molecule has 2 aromatic rings. The Balaban J connectivity index is 1.90. The molecule has 1 fully saturated rings. The van der Waals surface area contributed by atoms with Crippen LogP contribution in [0.2, 0.25) is 0 Å². The van der Waals surface area contributed by atoms with Crippen LogP contribution >= 0.6 is 0 Å². The molecule has 0 spiro atoms. The maximum absolute atomic E-state index is 12.9. The first-order valence-electron chi connectivity index (χ1n) is 8.93. The molecule has 0 unspecified atom stereocenters. The summed E-state index contributed by atoms with van der Waals surface area (Å²) in [6.07, 6.45) is 0. The van der Waals surface area contributed by atoms with Crippen molar-refractivity contribution in [2.24, 2.45) is 0 Å². The monoisotopic (exact) mass is 387 g/mol. The number of anilines is 1. The van der Waals surface area contributed by atoms with Crippen LogP contribution in [0.4, 0.5) is 5.69 Å². The first-order chi connectivity index (χ1) is 12.8. The summed E-state index contributed by atoms with van der Waals surface area (Å²) in [6, 6.07) is 13.6. The van der Waals surface area contributed by atoms with Gasteiger partial charge in [-0.05, 0) is 43.8 Å². The molecule has 1 aliphatic heterocycles. The Kier molecular flexibility index (Phi) is 5.53. The Morgan fingerprint density at radius 1 is 1.00 bits per heavy atom. The number of carbonyl (C=O) groups is 1. The van der Waals surface area contributed by atoms with E-state index in [4.69, 9.17) is 0 Å². The number of hydrogen-bond donors (Lipinski definition) is 0. The van der Waals surface area contributed by atoms with Gasteiger partial charge in [0, 0.05) is 38.8 Å². The second kappa shape index (κ2) is 7.70. The van der Waals surface area contributed by atoms with E-state index in [1.165, 1.54) is 11.4 Å². The fourth-order valence-electron chi connectivity index (χ4n) is 3.15. The van der Waals surface area contributed by atoms with Crippen molar-refractivity contribution >= 4 is 21.6 Å². The van der Waals surface area contributed by atoms with Crippen LogP contribution in [0.15, 0.2) is 53.4 Å². The van der Waals surface area contributed by atoms with E-state index < -0.39 is 10.0 Å². The average molecular weight is 388 g/mol. The Labute approximate surface area is 161 Å². The summed E-state index contributed by atoms with van der Waals surface area (Å²) in [7, 11) is -0.128. The largest absolute Gasteiger partial charge is 0.336 e. The van der Waals surface area contributed by atoms with Gasteiger partial charge in [0.05, 0.1) is 10.6 Å². The molecule has 0 N–H and O–H groups in total. The Hall–Kier alpha value is -2.38. The number of likely N-dealkylation sites (N-methyl/N-ethyl adjacent to an activating group) is 1. The number of sulfonamides is 1. The van der Waals surface area contributed by atoms with Crippen LogP contribution in [0.1, 0.15) is 15.9 Å². The third kappa shape index (κ3) is 3.99. The molecule has 6 nitrogen and oxygen atoms in total. The zero-order valence-corrected chi connectivity index (χ0v) is 16.7. The van der Waals surface area contributed by atoms with Crippen molar-refractivity contribution in [2.45, 2.75) is 11.8 Å². The number of piperazine rings is 1. The second-order valence-corrected chi connectivity index (χ2v) is 8.85. The molecular weight excluding hydrogens is 362 g/mol. The zero-order valence-electron chi connectivity index (χ0n) is 15.9. The Morgan fingerprint density at radius 2 is 1.63 bits per heavy atom. The molecule has 0 radical (unpaired) electrons. The molecule has 3 rings (SSSR count). The Morgan fingerprint density at radius 3 is 2.26 bits per heavy atom. The Bertz CT molecular complexity index is 921. The lowest BCUT2D eigenvalue weighted by Gasteiger charge is -2.32. The summed E-state index contributed by atoms with van der Waals surface area (Å²) in [6.45, 7) is 4.88. The van der Waals surface area contributed by atoms with Gasteiger partial charge in [0.25, 0.3) is 15.9 Å². The predicted octanol–water partition coefficient (Wildman–Crippen LogP) is 2.21. The quantitative estimate of drug-likeness (QED) is 0.807. The third-order valence-corrected chi connectivity index (χ3v) is 6.77. The lowest BCUT2D eigenvalue weighted by molar-refractivity contribution is 0.0664. The topological polar surface area (TPSA) is 60.9 Å². The smallest absolute Gasteiger partial charge is 0.264 e. The normalized spacial score (nSPS) is 15.6. The molecule has 2 aromatic carbocycles. The molecule has 1 aliphatic rings. The van der Waals surface area contributed by atoms with Crippen LogP contribution in [0, 0.1) is 6.92 Å². The van der Waals surface area contributed by atoms with Crippen molar-refractivity contribution in [3.05, 3.63) is 59.7 Å². The number of benzene rings is 2. The van der Waals surface area contributed by atoms with Gasteiger partial charge in [-0.15, -0.1) is 0 Å². The van der Waals surface area contributed by atoms with Crippen LogP contribution in [0.25, 0.3) is 0 Å². The number of rotatable bonds is 4. The fraction of sp³-hybridized carbons (Fsp3) is 0.350. The van der Waals surface area contributed by atoms with Gasteiger partial charge in [-0.1, -0.05) is 24.3 Å². The summed E-state index contributed by atoms with van der Waals surface area (Å²) in [5.74, 6) is -0.0603. The van der Waals surface area contributed by atoms with E-state index in [9.17, 15) is 13.2 Å². The van der Waals surface area contributed by atoms with Gasteiger partial charge in [0.15, 0.2) is 0 Å². The number of carbonyl (C=O) groups excluding carboxylic acids is 1. The summed E-state index contributed by atoms with van der Waals surface area (Å²) in [5, 5.41) is 0. The fourth-order valence-corrected chi connectivity index (χ4v) is 4.43. The van der Waals surface area contributed by atoms with E-state index in [1.54, 1.807) is 48.5 Å². The van der Waals surface area contributed by atoms with Gasteiger partial charge in [0.2, 0.25) is 0 Å². The van der Waals surface area contributed by atoms with Crippen LogP contribution in [-0.2, 0) is 10.0 Å². The van der Waals surface area contributed by atoms with Crippen LogP contribution < -0.4 is 4.31 Å². The van der Waals surface area contributed by atoms with Crippen molar-refractivity contribution in [3.8, 4) is 0 Å². The maximum Gasteiger partial charge on any atom is 0.264 e. The highest BCUT2D eigenvalue weighted by Gasteiger charge is 2.25. The van der Waals surface area contributed by atoms with Crippen molar-refractivity contribution in [1.29, 1.82) is 0 Å². The van der Waals surface area contributed by atoms with Crippen molar-refractivity contribution in [2.75, 3.05) is 44.6 Å². The molecule has 7 heteroatoms. The van der Waals surface area contributed by atoms with E-state index >= 15 is 0 Å². The molecule has 1 amide bonds. The highest BCUT2D eigenvalue weighted by atomic mass is 32.2. The van der Waals surface area contributed by atoms with Crippen molar-refractivity contribution in [1.82, 2.24) is 9.80 Å². The summed E-state index contributed by atoms with van der Waals surface area (Å²) in [5.41, 5.74) is 1.82. The molecule has 0 aliphatic carbocycles. The lowest BCUT2D eigenvalue weighted by atomic mass is 10.1. The molecular formula is C20H25N3O3S. The predicted molar refractivity (Wildman–Crippen MR) is 107 cm³/mol.